The summed E-state index contributed by atoms with van der Waals surface area (Å²) in [5.41, 5.74) is 8.23. The molecule has 2 heterocycles. The Kier molecular flexibility index (Phi) is 3.82. The fraction of sp³-hybridized carbons (Fsp3) is 0.0625. The summed E-state index contributed by atoms with van der Waals surface area (Å²) >= 11 is 0. The van der Waals surface area contributed by atoms with E-state index < -0.39 is 5.91 Å². The molecule has 0 aliphatic rings. The monoisotopic (exact) mass is 294 g/mol. The molecule has 0 atom stereocenters. The van der Waals surface area contributed by atoms with Crippen LogP contribution in [0.2, 0.25) is 0 Å². The fourth-order valence-corrected chi connectivity index (χ4v) is 2.00. The second-order valence-electron chi connectivity index (χ2n) is 4.70. The largest absolute Gasteiger partial charge is 0.487 e. The van der Waals surface area contributed by atoms with Gasteiger partial charge in [-0.1, -0.05) is 12.1 Å². The normalized spacial score (nSPS) is 10.4. The molecule has 0 aliphatic carbocycles. The van der Waals surface area contributed by atoms with E-state index in [9.17, 15) is 4.79 Å². The summed E-state index contributed by atoms with van der Waals surface area (Å²) < 4.78 is 5.66. The van der Waals surface area contributed by atoms with Crippen LogP contribution in [0.15, 0.2) is 54.9 Å². The van der Waals surface area contributed by atoms with Crippen LogP contribution in [0.4, 0.5) is 0 Å². The molecule has 1 aromatic carbocycles. The van der Waals surface area contributed by atoms with Crippen molar-refractivity contribution in [2.24, 2.45) is 5.73 Å². The molecule has 0 spiro atoms. The number of H-pyrrole nitrogens is 1. The van der Waals surface area contributed by atoms with Crippen LogP contribution in [0, 0.1) is 0 Å². The van der Waals surface area contributed by atoms with Crippen LogP contribution in [-0.2, 0) is 6.61 Å². The first-order valence-corrected chi connectivity index (χ1v) is 6.70. The van der Waals surface area contributed by atoms with Crippen molar-refractivity contribution in [3.8, 4) is 17.1 Å². The Bertz CT molecular complexity index is 767. The highest BCUT2D eigenvalue weighted by Gasteiger charge is 2.04. The number of pyridine rings is 1. The van der Waals surface area contributed by atoms with Gasteiger partial charge in [-0.25, -0.2) is 0 Å². The molecule has 3 rings (SSSR count). The summed E-state index contributed by atoms with van der Waals surface area (Å²) in [6.07, 6.45) is 3.32. The van der Waals surface area contributed by atoms with E-state index in [0.29, 0.717) is 17.9 Å². The van der Waals surface area contributed by atoms with Gasteiger partial charge >= 0.3 is 0 Å². The maximum Gasteiger partial charge on any atom is 0.248 e. The van der Waals surface area contributed by atoms with E-state index in [4.69, 9.17) is 10.5 Å². The number of primary amides is 1. The van der Waals surface area contributed by atoms with E-state index in [-0.39, 0.29) is 0 Å². The first kappa shape index (κ1) is 13.8. The first-order valence-electron chi connectivity index (χ1n) is 6.70. The third-order valence-corrected chi connectivity index (χ3v) is 3.13. The number of carbonyl (C=O) groups is 1. The molecule has 0 radical (unpaired) electrons. The predicted molar refractivity (Wildman–Crippen MR) is 81.1 cm³/mol. The van der Waals surface area contributed by atoms with Gasteiger partial charge in [0.1, 0.15) is 12.4 Å². The van der Waals surface area contributed by atoms with Gasteiger partial charge in [0.05, 0.1) is 17.6 Å². The zero-order valence-electron chi connectivity index (χ0n) is 11.7. The Morgan fingerprint density at radius 1 is 1.23 bits per heavy atom. The number of carbonyl (C=O) groups excluding carboxylic acids is 1. The Morgan fingerprint density at radius 2 is 2.14 bits per heavy atom. The number of benzene rings is 1. The van der Waals surface area contributed by atoms with Crippen LogP contribution in [0.1, 0.15) is 15.9 Å². The third kappa shape index (κ3) is 3.12. The summed E-state index contributed by atoms with van der Waals surface area (Å²) in [6.45, 7) is 0.339. The molecule has 6 nitrogen and oxygen atoms in total. The van der Waals surface area contributed by atoms with Gasteiger partial charge in [0, 0.05) is 11.8 Å². The Labute approximate surface area is 127 Å². The highest BCUT2D eigenvalue weighted by molar-refractivity contribution is 5.92. The minimum absolute atomic E-state index is 0.339. The van der Waals surface area contributed by atoms with Gasteiger partial charge in [0.2, 0.25) is 5.91 Å². The summed E-state index contributed by atoms with van der Waals surface area (Å²) in [5.74, 6) is 0.195. The minimum atomic E-state index is -0.451. The maximum atomic E-state index is 11.1. The summed E-state index contributed by atoms with van der Waals surface area (Å²) in [6, 6.07) is 12.6. The van der Waals surface area contributed by atoms with Crippen molar-refractivity contribution >= 4 is 5.91 Å². The minimum Gasteiger partial charge on any atom is -0.487 e. The van der Waals surface area contributed by atoms with Crippen LogP contribution in [0.3, 0.4) is 0 Å². The zero-order chi connectivity index (χ0) is 15.4. The van der Waals surface area contributed by atoms with Crippen molar-refractivity contribution in [1.82, 2.24) is 15.2 Å². The number of hydrogen-bond donors (Lipinski definition) is 2. The van der Waals surface area contributed by atoms with E-state index >= 15 is 0 Å². The predicted octanol–water partition coefficient (Wildman–Crippen LogP) is 2.15. The average molecular weight is 294 g/mol. The number of aromatic nitrogens is 3. The Balaban J connectivity index is 1.66. The summed E-state index contributed by atoms with van der Waals surface area (Å²) in [7, 11) is 0. The Hall–Kier alpha value is -3.15. The van der Waals surface area contributed by atoms with Gasteiger partial charge in [-0.2, -0.15) is 5.10 Å². The SMILES string of the molecule is NC(=O)c1cccc(COc2ccc(-c3ccn[nH]3)nc2)c1. The number of nitrogens with zero attached hydrogens (tertiary/aromatic N) is 2. The standard InChI is InChI=1S/C16H14N4O2/c17-16(21)12-3-1-2-11(8-12)10-22-13-4-5-14(18-9-13)15-6-7-19-20-15/h1-9H,10H2,(H2,17,21)(H,19,20). The molecule has 110 valence electrons. The molecular weight excluding hydrogens is 280 g/mol. The van der Waals surface area contributed by atoms with Crippen LogP contribution < -0.4 is 10.5 Å². The zero-order valence-corrected chi connectivity index (χ0v) is 11.7. The van der Waals surface area contributed by atoms with Gasteiger partial charge in [-0.3, -0.25) is 14.9 Å². The van der Waals surface area contributed by atoms with E-state index in [1.807, 2.05) is 24.3 Å². The van der Waals surface area contributed by atoms with Gasteiger partial charge in [-0.05, 0) is 35.9 Å². The molecule has 3 N–H and O–H groups in total. The van der Waals surface area contributed by atoms with E-state index in [1.165, 1.54) is 0 Å². The lowest BCUT2D eigenvalue weighted by Gasteiger charge is -2.07. The number of rotatable bonds is 5. The molecule has 0 aliphatic heterocycles. The third-order valence-electron chi connectivity index (χ3n) is 3.13. The van der Waals surface area contributed by atoms with Crippen molar-refractivity contribution in [3.63, 3.8) is 0 Å². The number of nitrogens with one attached hydrogen (secondary N) is 1. The maximum absolute atomic E-state index is 11.1. The molecule has 0 bridgehead atoms. The van der Waals surface area contributed by atoms with E-state index in [0.717, 1.165) is 17.0 Å². The Morgan fingerprint density at radius 3 is 2.82 bits per heavy atom. The lowest BCUT2D eigenvalue weighted by molar-refractivity contribution is 0.1000. The number of aromatic amines is 1. The highest BCUT2D eigenvalue weighted by Crippen LogP contribution is 2.18. The van der Waals surface area contributed by atoms with Crippen LogP contribution in [-0.4, -0.2) is 21.1 Å². The van der Waals surface area contributed by atoms with Crippen LogP contribution in [0.25, 0.3) is 11.4 Å². The second kappa shape index (κ2) is 6.09. The van der Waals surface area contributed by atoms with Crippen molar-refractivity contribution in [2.45, 2.75) is 6.61 Å². The smallest absolute Gasteiger partial charge is 0.248 e. The lowest BCUT2D eigenvalue weighted by atomic mass is 10.1. The van der Waals surface area contributed by atoms with Crippen LogP contribution in [0.5, 0.6) is 5.75 Å². The van der Waals surface area contributed by atoms with Gasteiger partial charge < -0.3 is 10.5 Å². The molecule has 2 aromatic heterocycles. The number of ether oxygens (including phenoxy) is 1. The molecule has 3 aromatic rings. The second-order valence-corrected chi connectivity index (χ2v) is 4.70. The van der Waals surface area contributed by atoms with Crippen molar-refractivity contribution in [3.05, 3.63) is 66.0 Å². The molecule has 22 heavy (non-hydrogen) atoms. The highest BCUT2D eigenvalue weighted by atomic mass is 16.5. The quantitative estimate of drug-likeness (QED) is 0.754. The number of hydrogen-bond acceptors (Lipinski definition) is 4. The first-order chi connectivity index (χ1) is 10.7. The van der Waals surface area contributed by atoms with E-state index in [2.05, 4.69) is 15.2 Å². The van der Waals surface area contributed by atoms with Crippen LogP contribution >= 0.6 is 0 Å². The van der Waals surface area contributed by atoms with Crippen molar-refractivity contribution in [2.75, 3.05) is 0 Å². The molecule has 0 fully saturated rings. The molecular formula is C16H14N4O2. The topological polar surface area (TPSA) is 93.9 Å². The summed E-state index contributed by atoms with van der Waals surface area (Å²) in [5, 5.41) is 6.74. The number of amides is 1. The molecule has 0 unspecified atom stereocenters. The van der Waals surface area contributed by atoms with Crippen molar-refractivity contribution < 1.29 is 9.53 Å². The fourth-order valence-electron chi connectivity index (χ4n) is 2.00. The summed E-state index contributed by atoms with van der Waals surface area (Å²) in [4.78, 5) is 15.4. The van der Waals surface area contributed by atoms with E-state index in [1.54, 1.807) is 30.6 Å². The van der Waals surface area contributed by atoms with Gasteiger partial charge in [-0.15, -0.1) is 0 Å². The van der Waals surface area contributed by atoms with Gasteiger partial charge in [0.15, 0.2) is 0 Å². The molecule has 0 saturated heterocycles. The molecule has 6 heteroatoms. The molecule has 0 saturated carbocycles. The average Bonchev–Trinajstić information content (AvgIpc) is 3.08. The van der Waals surface area contributed by atoms with Gasteiger partial charge in [0.25, 0.3) is 0 Å². The lowest BCUT2D eigenvalue weighted by Crippen LogP contribution is -2.11. The number of nitrogens with two attached hydrogens (primary N) is 1. The van der Waals surface area contributed by atoms with Crippen molar-refractivity contribution in [1.29, 1.82) is 0 Å². The molecule has 1 amide bonds.